The van der Waals surface area contributed by atoms with Crippen LogP contribution in [0.2, 0.25) is 0 Å². The lowest BCUT2D eigenvalue weighted by Crippen LogP contribution is -2.27. The minimum Gasteiger partial charge on any atom is -0.493 e. The van der Waals surface area contributed by atoms with Crippen LogP contribution in [-0.2, 0) is 21.5 Å². The molecule has 11 heteroatoms. The number of amides is 2. The number of carbonyl (C=O) groups excluding carboxylic acids is 2. The van der Waals surface area contributed by atoms with Crippen molar-refractivity contribution in [2.45, 2.75) is 11.4 Å². The first-order chi connectivity index (χ1) is 16.7. The first-order valence-electron chi connectivity index (χ1n) is 10.0. The zero-order valence-corrected chi connectivity index (χ0v) is 19.7. The molecule has 1 saturated heterocycles. The van der Waals surface area contributed by atoms with Crippen molar-refractivity contribution < 1.29 is 35.7 Å². The van der Waals surface area contributed by atoms with E-state index in [0.717, 1.165) is 29.2 Å². The number of hydrogen-bond donors (Lipinski definition) is 0. The number of ether oxygens (including phenoxy) is 1. The van der Waals surface area contributed by atoms with Crippen LogP contribution in [0.4, 0.5) is 13.6 Å². The summed E-state index contributed by atoms with van der Waals surface area (Å²) in [6, 6.07) is 14.2. The number of carbonyl (C=O) groups is 2. The molecule has 0 N–H and O–H groups in total. The summed E-state index contributed by atoms with van der Waals surface area (Å²) in [5.74, 6) is -1.77. The van der Waals surface area contributed by atoms with Crippen molar-refractivity contribution in [3.05, 3.63) is 94.4 Å². The first kappa shape index (κ1) is 24.4. The summed E-state index contributed by atoms with van der Waals surface area (Å²) in [5, 5.41) is -0.540. The summed E-state index contributed by atoms with van der Waals surface area (Å²) >= 11 is 0.705. The van der Waals surface area contributed by atoms with E-state index < -0.39 is 32.9 Å². The van der Waals surface area contributed by atoms with Crippen LogP contribution in [0.15, 0.2) is 76.5 Å². The molecule has 1 heterocycles. The number of methoxy groups -OCH3 is 1. The molecule has 1 fully saturated rings. The number of rotatable bonds is 7. The molecule has 35 heavy (non-hydrogen) atoms. The summed E-state index contributed by atoms with van der Waals surface area (Å²) in [6.07, 6.45) is 1.44. The summed E-state index contributed by atoms with van der Waals surface area (Å²) < 4.78 is 62.4. The largest absolute Gasteiger partial charge is 0.493 e. The van der Waals surface area contributed by atoms with E-state index in [0.29, 0.717) is 17.3 Å². The Kier molecular flexibility index (Phi) is 6.90. The molecule has 0 radical (unpaired) electrons. The van der Waals surface area contributed by atoms with Crippen molar-refractivity contribution in [2.75, 3.05) is 7.11 Å². The SMILES string of the molecule is COc1cc(C=C2SC(=O)N(Cc3ccccc3F)C2=O)ccc1OS(=O)(=O)c1ccc(F)cc1. The second kappa shape index (κ2) is 9.88. The summed E-state index contributed by atoms with van der Waals surface area (Å²) in [4.78, 5) is 25.9. The van der Waals surface area contributed by atoms with Gasteiger partial charge in [0.05, 0.1) is 18.6 Å². The molecule has 1 aliphatic heterocycles. The highest BCUT2D eigenvalue weighted by atomic mass is 32.2. The minimum absolute atomic E-state index is 0.0509. The van der Waals surface area contributed by atoms with Crippen molar-refractivity contribution >= 4 is 39.1 Å². The third-order valence-electron chi connectivity index (χ3n) is 4.95. The predicted molar refractivity (Wildman–Crippen MR) is 125 cm³/mol. The van der Waals surface area contributed by atoms with Gasteiger partial charge in [0.2, 0.25) is 0 Å². The quantitative estimate of drug-likeness (QED) is 0.323. The van der Waals surface area contributed by atoms with E-state index in [2.05, 4.69) is 0 Å². The third kappa shape index (κ3) is 5.36. The van der Waals surface area contributed by atoms with Crippen molar-refractivity contribution in [3.8, 4) is 11.5 Å². The number of hydrogen-bond acceptors (Lipinski definition) is 7. The number of imide groups is 1. The fraction of sp³-hybridized carbons (Fsp3) is 0.0833. The Hall–Kier alpha value is -3.70. The van der Waals surface area contributed by atoms with Gasteiger partial charge in [-0.3, -0.25) is 14.5 Å². The highest BCUT2D eigenvalue weighted by molar-refractivity contribution is 8.18. The van der Waals surface area contributed by atoms with Crippen LogP contribution in [0, 0.1) is 11.6 Å². The molecule has 0 spiro atoms. The number of benzene rings is 3. The van der Waals surface area contributed by atoms with E-state index in [1.54, 1.807) is 6.07 Å². The average molecular weight is 518 g/mol. The monoisotopic (exact) mass is 517 g/mol. The van der Waals surface area contributed by atoms with Crippen molar-refractivity contribution in [2.24, 2.45) is 0 Å². The van der Waals surface area contributed by atoms with Crippen LogP contribution >= 0.6 is 11.8 Å². The summed E-state index contributed by atoms with van der Waals surface area (Å²) in [7, 11) is -2.95. The predicted octanol–water partition coefficient (Wildman–Crippen LogP) is 4.98. The molecule has 3 aromatic carbocycles. The second-order valence-electron chi connectivity index (χ2n) is 7.26. The maximum atomic E-state index is 14.0. The van der Waals surface area contributed by atoms with E-state index in [1.807, 2.05) is 0 Å². The van der Waals surface area contributed by atoms with Gasteiger partial charge in [0, 0.05) is 5.56 Å². The molecular formula is C24H17F2NO6S2. The lowest BCUT2D eigenvalue weighted by molar-refractivity contribution is -0.123. The van der Waals surface area contributed by atoms with Gasteiger partial charge in [-0.2, -0.15) is 8.42 Å². The highest BCUT2D eigenvalue weighted by Crippen LogP contribution is 2.36. The first-order valence-corrected chi connectivity index (χ1v) is 12.3. The Morgan fingerprint density at radius 1 is 0.971 bits per heavy atom. The lowest BCUT2D eigenvalue weighted by atomic mass is 10.1. The van der Waals surface area contributed by atoms with Gasteiger partial charge in [0.25, 0.3) is 11.1 Å². The zero-order valence-electron chi connectivity index (χ0n) is 18.1. The van der Waals surface area contributed by atoms with E-state index in [1.165, 1.54) is 49.6 Å². The lowest BCUT2D eigenvalue weighted by Gasteiger charge is -2.13. The molecule has 2 amide bonds. The molecule has 1 aliphatic rings. The van der Waals surface area contributed by atoms with Gasteiger partial charge < -0.3 is 8.92 Å². The van der Waals surface area contributed by atoms with Gasteiger partial charge in [-0.15, -0.1) is 0 Å². The Balaban J connectivity index is 1.55. The van der Waals surface area contributed by atoms with E-state index in [9.17, 15) is 26.8 Å². The molecule has 0 aromatic heterocycles. The molecule has 0 aliphatic carbocycles. The van der Waals surface area contributed by atoms with Gasteiger partial charge in [0.1, 0.15) is 16.5 Å². The second-order valence-corrected chi connectivity index (χ2v) is 9.80. The van der Waals surface area contributed by atoms with Crippen molar-refractivity contribution in [1.82, 2.24) is 4.90 Å². The molecule has 7 nitrogen and oxygen atoms in total. The Morgan fingerprint density at radius 3 is 2.37 bits per heavy atom. The molecule has 0 saturated carbocycles. The minimum atomic E-state index is -4.26. The van der Waals surface area contributed by atoms with Gasteiger partial charge >= 0.3 is 10.1 Å². The third-order valence-corrected chi connectivity index (χ3v) is 7.10. The highest BCUT2D eigenvalue weighted by Gasteiger charge is 2.35. The fourth-order valence-electron chi connectivity index (χ4n) is 3.20. The van der Waals surface area contributed by atoms with Gasteiger partial charge in [-0.25, -0.2) is 8.78 Å². The summed E-state index contributed by atoms with van der Waals surface area (Å²) in [5.41, 5.74) is 0.645. The van der Waals surface area contributed by atoms with Crippen LogP contribution in [0.25, 0.3) is 6.08 Å². The molecular weight excluding hydrogens is 500 g/mol. The van der Waals surface area contributed by atoms with Crippen LogP contribution in [0.3, 0.4) is 0 Å². The molecule has 0 unspecified atom stereocenters. The van der Waals surface area contributed by atoms with Crippen molar-refractivity contribution in [1.29, 1.82) is 0 Å². The van der Waals surface area contributed by atoms with Gasteiger partial charge in [-0.05, 0) is 65.9 Å². The normalized spacial score (nSPS) is 15.1. The van der Waals surface area contributed by atoms with E-state index in [4.69, 9.17) is 8.92 Å². The van der Waals surface area contributed by atoms with Crippen LogP contribution in [-0.4, -0.2) is 31.6 Å². The molecule has 0 atom stereocenters. The summed E-state index contributed by atoms with van der Waals surface area (Å²) in [6.45, 7) is -0.202. The number of thioether (sulfide) groups is 1. The Bertz CT molecular complexity index is 1440. The van der Waals surface area contributed by atoms with Crippen LogP contribution in [0.1, 0.15) is 11.1 Å². The molecule has 3 aromatic rings. The maximum absolute atomic E-state index is 14.0. The van der Waals surface area contributed by atoms with Crippen LogP contribution < -0.4 is 8.92 Å². The van der Waals surface area contributed by atoms with E-state index >= 15 is 0 Å². The van der Waals surface area contributed by atoms with Crippen LogP contribution in [0.5, 0.6) is 11.5 Å². The average Bonchev–Trinajstić information content (AvgIpc) is 3.08. The topological polar surface area (TPSA) is 90.0 Å². The maximum Gasteiger partial charge on any atom is 0.339 e. The van der Waals surface area contributed by atoms with Crippen molar-refractivity contribution in [3.63, 3.8) is 0 Å². The van der Waals surface area contributed by atoms with Gasteiger partial charge in [-0.1, -0.05) is 24.3 Å². The Labute approximate surface area is 204 Å². The smallest absolute Gasteiger partial charge is 0.339 e. The standard InChI is InChI=1S/C24H17F2NO6S2/c1-32-21-12-15(6-11-20(21)33-35(30,31)18-9-7-17(25)8-10-18)13-22-23(28)27(24(29)34-22)14-16-4-2-3-5-19(16)26/h2-13H,14H2,1H3. The molecule has 180 valence electrons. The van der Waals surface area contributed by atoms with E-state index in [-0.39, 0.29) is 33.4 Å². The fourth-order valence-corrected chi connectivity index (χ4v) is 4.97. The number of nitrogens with zero attached hydrogens (tertiary/aromatic N) is 1. The molecule has 4 rings (SSSR count). The Morgan fingerprint density at radius 2 is 1.69 bits per heavy atom. The molecule has 0 bridgehead atoms. The van der Waals surface area contributed by atoms with Gasteiger partial charge in [0.15, 0.2) is 11.5 Å². The zero-order chi connectivity index (χ0) is 25.2. The number of halogens is 2.